The quantitative estimate of drug-likeness (QED) is 0.378. The maximum Gasteiger partial charge on any atom is 0.326 e. The van der Waals surface area contributed by atoms with Crippen molar-refractivity contribution in [3.05, 3.63) is 84.4 Å². The Morgan fingerprint density at radius 3 is 2.11 bits per heavy atom. The lowest BCUT2D eigenvalue weighted by molar-refractivity contribution is -0.150. The number of ether oxygens (including phenoxy) is 1. The Hall–Kier alpha value is -3.49. The van der Waals surface area contributed by atoms with Crippen LogP contribution in [-0.2, 0) is 32.1 Å². The van der Waals surface area contributed by atoms with Crippen LogP contribution in [0.25, 0.3) is 0 Å². The van der Waals surface area contributed by atoms with Gasteiger partial charge in [0.1, 0.15) is 12.1 Å². The lowest BCUT2D eigenvalue weighted by Crippen LogP contribution is -2.49. The number of carbonyl (C=O) groups is 3. The molecule has 8 heteroatoms. The van der Waals surface area contributed by atoms with Crippen molar-refractivity contribution in [2.75, 3.05) is 19.7 Å². The first-order chi connectivity index (χ1) is 17.5. The number of nitrogens with two attached hydrogens (primary N) is 1. The number of carboxylic acid groups (broad SMARTS) is 1. The van der Waals surface area contributed by atoms with Crippen LogP contribution < -0.4 is 5.73 Å². The lowest BCUT2D eigenvalue weighted by Gasteiger charge is -2.31. The van der Waals surface area contributed by atoms with Gasteiger partial charge in [0.2, 0.25) is 11.8 Å². The smallest absolute Gasteiger partial charge is 0.326 e. The van der Waals surface area contributed by atoms with Crippen molar-refractivity contribution in [3.63, 3.8) is 0 Å². The van der Waals surface area contributed by atoms with Crippen molar-refractivity contribution < 1.29 is 24.2 Å². The van der Waals surface area contributed by atoms with Crippen LogP contribution in [0.3, 0.4) is 0 Å². The Balaban J connectivity index is 2.18. The Morgan fingerprint density at radius 1 is 1.03 bits per heavy atom. The van der Waals surface area contributed by atoms with E-state index >= 15 is 0 Å². The van der Waals surface area contributed by atoms with Gasteiger partial charge in [-0.2, -0.15) is 0 Å². The first kappa shape index (κ1) is 29.7. The molecule has 3 N–H and O–H groups in total. The first-order valence-electron chi connectivity index (χ1n) is 12.4. The molecule has 37 heavy (non-hydrogen) atoms. The molecule has 0 aliphatic carbocycles. The fourth-order valence-electron chi connectivity index (χ4n) is 3.80. The number of carbonyl (C=O) groups excluding carboxylic acids is 2. The molecule has 0 aliphatic rings. The monoisotopic (exact) mass is 509 g/mol. The van der Waals surface area contributed by atoms with Gasteiger partial charge in [-0.25, -0.2) is 4.79 Å². The van der Waals surface area contributed by atoms with E-state index in [9.17, 15) is 19.5 Å². The van der Waals surface area contributed by atoms with Gasteiger partial charge in [-0.3, -0.25) is 9.59 Å². The van der Waals surface area contributed by atoms with Crippen molar-refractivity contribution in [1.82, 2.24) is 9.80 Å². The van der Waals surface area contributed by atoms with E-state index in [0.29, 0.717) is 0 Å². The molecule has 0 bridgehead atoms. The molecule has 0 spiro atoms. The summed E-state index contributed by atoms with van der Waals surface area (Å²) >= 11 is 0. The van der Waals surface area contributed by atoms with Gasteiger partial charge < -0.3 is 25.4 Å². The van der Waals surface area contributed by atoms with Gasteiger partial charge in [0.15, 0.2) is 0 Å². The largest absolute Gasteiger partial charge is 0.480 e. The van der Waals surface area contributed by atoms with E-state index in [2.05, 4.69) is 6.58 Å². The zero-order valence-electron chi connectivity index (χ0n) is 22.0. The summed E-state index contributed by atoms with van der Waals surface area (Å²) in [5.41, 5.74) is 7.41. The highest BCUT2D eigenvalue weighted by Gasteiger charge is 2.30. The molecule has 2 rings (SSSR count). The number of benzene rings is 2. The molecule has 8 nitrogen and oxygen atoms in total. The van der Waals surface area contributed by atoms with Crippen molar-refractivity contribution in [2.24, 2.45) is 5.73 Å². The second-order valence-electron chi connectivity index (χ2n) is 9.90. The van der Waals surface area contributed by atoms with Gasteiger partial charge >= 0.3 is 5.97 Å². The number of hydrogen-bond acceptors (Lipinski definition) is 5. The van der Waals surface area contributed by atoms with E-state index in [1.165, 1.54) is 15.9 Å². The average Bonchev–Trinajstić information content (AvgIpc) is 2.87. The van der Waals surface area contributed by atoms with Crippen LogP contribution in [0.4, 0.5) is 0 Å². The first-order valence-corrected chi connectivity index (χ1v) is 12.4. The van der Waals surface area contributed by atoms with Gasteiger partial charge in [-0.1, -0.05) is 66.7 Å². The van der Waals surface area contributed by atoms with Crippen LogP contribution >= 0.6 is 0 Å². The minimum Gasteiger partial charge on any atom is -0.480 e. The van der Waals surface area contributed by atoms with Crippen LogP contribution in [0.2, 0.25) is 0 Å². The molecule has 0 fully saturated rings. The molecular formula is C29H39N3O5. The van der Waals surface area contributed by atoms with Crippen LogP contribution in [0.1, 0.15) is 38.3 Å². The number of aliphatic carboxylic acids is 1. The lowest BCUT2D eigenvalue weighted by atomic mass is 10.0. The molecule has 2 atom stereocenters. The minimum atomic E-state index is -1.10. The second-order valence-corrected chi connectivity index (χ2v) is 9.90. The molecule has 0 aromatic heterocycles. The molecule has 0 unspecified atom stereocenters. The number of hydrogen-bond donors (Lipinski definition) is 2. The molecule has 200 valence electrons. The van der Waals surface area contributed by atoms with E-state index in [-0.39, 0.29) is 50.9 Å². The summed E-state index contributed by atoms with van der Waals surface area (Å²) in [6.45, 7) is 9.81. The Bertz CT molecular complexity index is 1020. The van der Waals surface area contributed by atoms with E-state index in [1.807, 2.05) is 81.4 Å². The zero-order chi connectivity index (χ0) is 27.4. The highest BCUT2D eigenvalue weighted by atomic mass is 16.5. The third kappa shape index (κ3) is 10.2. The van der Waals surface area contributed by atoms with Crippen molar-refractivity contribution >= 4 is 17.8 Å². The molecule has 0 aliphatic heterocycles. The average molecular weight is 510 g/mol. The van der Waals surface area contributed by atoms with Crippen LogP contribution in [-0.4, -0.2) is 70.1 Å². The fourth-order valence-corrected chi connectivity index (χ4v) is 3.80. The fraction of sp³-hybridized carbons (Fsp3) is 0.414. The summed E-state index contributed by atoms with van der Waals surface area (Å²) in [6, 6.07) is 16.6. The number of rotatable bonds is 14. The van der Waals surface area contributed by atoms with E-state index in [1.54, 1.807) is 0 Å². The number of carboxylic acids is 1. The predicted octanol–water partition coefficient (Wildman–Crippen LogP) is 3.26. The Morgan fingerprint density at radius 2 is 1.59 bits per heavy atom. The van der Waals surface area contributed by atoms with E-state index in [4.69, 9.17) is 10.5 Å². The Labute approximate surface area is 219 Å². The highest BCUT2D eigenvalue weighted by molar-refractivity contribution is 5.85. The van der Waals surface area contributed by atoms with Crippen molar-refractivity contribution in [3.8, 4) is 0 Å². The van der Waals surface area contributed by atoms with Crippen LogP contribution in [0.15, 0.2) is 73.3 Å². The molecular weight excluding hydrogens is 470 g/mol. The highest BCUT2D eigenvalue weighted by Crippen LogP contribution is 2.14. The summed E-state index contributed by atoms with van der Waals surface area (Å²) in [7, 11) is 0. The summed E-state index contributed by atoms with van der Waals surface area (Å²) in [6.07, 6.45) is 1.61. The summed E-state index contributed by atoms with van der Waals surface area (Å²) in [5.74, 6) is -1.82. The Kier molecular flexibility index (Phi) is 11.5. The molecule has 2 aromatic rings. The molecule has 0 radical (unpaired) electrons. The van der Waals surface area contributed by atoms with E-state index < -0.39 is 23.7 Å². The van der Waals surface area contributed by atoms with Gasteiger partial charge in [0.25, 0.3) is 0 Å². The van der Waals surface area contributed by atoms with Crippen LogP contribution in [0.5, 0.6) is 0 Å². The predicted molar refractivity (Wildman–Crippen MR) is 144 cm³/mol. The topological polar surface area (TPSA) is 113 Å². The SMILES string of the molecule is C=CCN(C(=O)CCN(Cc1ccccc1)C(=O)[C@@H](N)COC(C)(C)C)[C@@H](Cc1ccccc1)C(=O)O. The van der Waals surface area contributed by atoms with Crippen LogP contribution in [0, 0.1) is 0 Å². The van der Waals surface area contributed by atoms with Crippen molar-refractivity contribution in [1.29, 1.82) is 0 Å². The maximum atomic E-state index is 13.3. The third-order valence-electron chi connectivity index (χ3n) is 5.72. The summed E-state index contributed by atoms with van der Waals surface area (Å²) in [4.78, 5) is 41.5. The van der Waals surface area contributed by atoms with Gasteiger partial charge in [0.05, 0.1) is 12.2 Å². The van der Waals surface area contributed by atoms with Crippen molar-refractivity contribution in [2.45, 2.75) is 57.8 Å². The second kappa shape index (κ2) is 14.3. The molecule has 0 heterocycles. The standard InChI is InChI=1S/C29H39N3O5/c1-5-17-32(25(28(35)36)19-22-12-8-6-9-13-22)26(33)16-18-31(20-23-14-10-7-11-15-23)27(34)24(30)21-37-29(2,3)4/h5-15,24-25H,1,16-21,30H2,2-4H3,(H,35,36)/t24-,25-/m0/s1. The van der Waals surface area contributed by atoms with Gasteiger partial charge in [-0.05, 0) is 31.9 Å². The van der Waals surface area contributed by atoms with Gasteiger partial charge in [-0.15, -0.1) is 6.58 Å². The van der Waals surface area contributed by atoms with E-state index in [0.717, 1.165) is 11.1 Å². The third-order valence-corrected chi connectivity index (χ3v) is 5.72. The number of amides is 2. The summed E-state index contributed by atoms with van der Waals surface area (Å²) in [5, 5.41) is 9.92. The molecule has 0 saturated carbocycles. The maximum absolute atomic E-state index is 13.3. The molecule has 0 saturated heterocycles. The molecule has 2 aromatic carbocycles. The van der Waals surface area contributed by atoms with Gasteiger partial charge in [0, 0.05) is 32.5 Å². The molecule has 2 amide bonds. The number of nitrogens with zero attached hydrogens (tertiary/aromatic N) is 2. The zero-order valence-corrected chi connectivity index (χ0v) is 22.0. The summed E-state index contributed by atoms with van der Waals surface area (Å²) < 4.78 is 5.70. The minimum absolute atomic E-state index is 0.0440. The normalized spacial score (nSPS) is 12.9.